The Hall–Kier alpha value is -3.86. The van der Waals surface area contributed by atoms with Crippen molar-refractivity contribution >= 4 is 23.0 Å². The van der Waals surface area contributed by atoms with E-state index in [9.17, 15) is 4.79 Å². The Kier molecular flexibility index (Phi) is 4.89. The third-order valence-electron chi connectivity index (χ3n) is 4.36. The van der Waals surface area contributed by atoms with E-state index in [2.05, 4.69) is 15.5 Å². The molecule has 0 aliphatic heterocycles. The number of fused-ring (bicyclic) bond motifs is 1. The molecule has 0 bridgehead atoms. The van der Waals surface area contributed by atoms with Gasteiger partial charge in [0.2, 0.25) is 0 Å². The number of rotatable bonds is 4. The fourth-order valence-electron chi connectivity index (χ4n) is 2.91. The Morgan fingerprint density at radius 2 is 1.79 bits per heavy atom. The van der Waals surface area contributed by atoms with Crippen LogP contribution >= 0.6 is 0 Å². The van der Waals surface area contributed by atoms with Crippen molar-refractivity contribution in [1.82, 2.24) is 15.4 Å². The van der Waals surface area contributed by atoms with Gasteiger partial charge in [-0.3, -0.25) is 9.78 Å². The lowest BCUT2D eigenvalue weighted by Crippen LogP contribution is -2.18. The van der Waals surface area contributed by atoms with Gasteiger partial charge in [-0.2, -0.15) is 5.10 Å². The van der Waals surface area contributed by atoms with Crippen molar-refractivity contribution in [2.45, 2.75) is 6.92 Å². The highest BCUT2D eigenvalue weighted by atomic mass is 16.2. The third-order valence-corrected chi connectivity index (χ3v) is 4.36. The SMILES string of the molecule is Cc1ccc(-c2cc(C(=O)N/N=C/c3ccccn3)c3ccccc3n2)cc1. The number of para-hydroxylation sites is 1. The Morgan fingerprint density at radius 3 is 2.57 bits per heavy atom. The molecule has 4 rings (SSSR count). The summed E-state index contributed by atoms with van der Waals surface area (Å²) in [6.07, 6.45) is 3.19. The molecule has 0 unspecified atom stereocenters. The second-order valence-corrected chi connectivity index (χ2v) is 6.39. The van der Waals surface area contributed by atoms with Crippen LogP contribution < -0.4 is 5.43 Å². The van der Waals surface area contributed by atoms with Gasteiger partial charge in [0, 0.05) is 17.1 Å². The number of carbonyl (C=O) groups is 1. The number of hydrogen-bond donors (Lipinski definition) is 1. The molecule has 0 aliphatic rings. The van der Waals surface area contributed by atoms with Crippen molar-refractivity contribution < 1.29 is 4.79 Å². The van der Waals surface area contributed by atoms with Gasteiger partial charge >= 0.3 is 0 Å². The Balaban J connectivity index is 1.69. The molecule has 0 radical (unpaired) electrons. The van der Waals surface area contributed by atoms with Crippen LogP contribution in [0.1, 0.15) is 21.6 Å². The van der Waals surface area contributed by atoms with Gasteiger partial charge in [-0.1, -0.05) is 54.1 Å². The van der Waals surface area contributed by atoms with Crippen LogP contribution in [-0.2, 0) is 0 Å². The van der Waals surface area contributed by atoms with Crippen molar-refractivity contribution in [2.24, 2.45) is 5.10 Å². The average molecular weight is 366 g/mol. The number of pyridine rings is 2. The first-order valence-electron chi connectivity index (χ1n) is 8.92. The fraction of sp³-hybridized carbons (Fsp3) is 0.0435. The summed E-state index contributed by atoms with van der Waals surface area (Å²) in [6.45, 7) is 2.04. The molecule has 5 heteroatoms. The van der Waals surface area contributed by atoms with Crippen LogP contribution in [0.15, 0.2) is 84.1 Å². The van der Waals surface area contributed by atoms with Crippen molar-refractivity contribution in [3.05, 3.63) is 95.8 Å². The minimum absolute atomic E-state index is 0.292. The number of nitrogens with one attached hydrogen (secondary N) is 1. The lowest BCUT2D eigenvalue weighted by Gasteiger charge is -2.09. The standard InChI is InChI=1S/C23H18N4O/c1-16-9-11-17(12-10-16)22-14-20(19-7-2-3-8-21(19)26-22)23(28)27-25-15-18-6-4-5-13-24-18/h2-15H,1H3,(H,27,28)/b25-15+. The van der Waals surface area contributed by atoms with Gasteiger partial charge in [0.25, 0.3) is 5.91 Å². The normalized spacial score (nSPS) is 11.0. The minimum atomic E-state index is -0.292. The molecular formula is C23H18N4O. The van der Waals surface area contributed by atoms with Gasteiger partial charge in [-0.05, 0) is 31.2 Å². The van der Waals surface area contributed by atoms with E-state index < -0.39 is 0 Å². The van der Waals surface area contributed by atoms with Gasteiger partial charge in [0.15, 0.2) is 0 Å². The summed E-state index contributed by atoms with van der Waals surface area (Å²) in [7, 11) is 0. The largest absolute Gasteiger partial charge is 0.272 e. The molecule has 0 saturated heterocycles. The lowest BCUT2D eigenvalue weighted by molar-refractivity contribution is 0.0956. The number of benzene rings is 2. The van der Waals surface area contributed by atoms with Gasteiger partial charge in [0.05, 0.1) is 28.7 Å². The van der Waals surface area contributed by atoms with Crippen molar-refractivity contribution in [3.8, 4) is 11.3 Å². The summed E-state index contributed by atoms with van der Waals surface area (Å²) in [5, 5.41) is 4.81. The molecule has 0 spiro atoms. The van der Waals surface area contributed by atoms with E-state index in [4.69, 9.17) is 4.98 Å². The molecule has 1 amide bonds. The minimum Gasteiger partial charge on any atom is -0.267 e. The maximum Gasteiger partial charge on any atom is 0.272 e. The number of carbonyl (C=O) groups excluding carboxylic acids is 1. The topological polar surface area (TPSA) is 67.2 Å². The Bertz CT molecular complexity index is 1150. The van der Waals surface area contributed by atoms with E-state index in [-0.39, 0.29) is 5.91 Å². The highest BCUT2D eigenvalue weighted by molar-refractivity contribution is 6.07. The van der Waals surface area contributed by atoms with Gasteiger partial charge < -0.3 is 0 Å². The quantitative estimate of drug-likeness (QED) is 0.431. The second kappa shape index (κ2) is 7.80. The number of nitrogens with zero attached hydrogens (tertiary/aromatic N) is 3. The molecule has 0 aliphatic carbocycles. The Labute approximate surface area is 162 Å². The summed E-state index contributed by atoms with van der Waals surface area (Å²) < 4.78 is 0. The summed E-state index contributed by atoms with van der Waals surface area (Å²) in [5.41, 5.74) is 7.43. The van der Waals surface area contributed by atoms with Crippen molar-refractivity contribution in [3.63, 3.8) is 0 Å². The highest BCUT2D eigenvalue weighted by Gasteiger charge is 2.13. The molecule has 136 valence electrons. The molecule has 0 saturated carbocycles. The molecule has 28 heavy (non-hydrogen) atoms. The van der Waals surface area contributed by atoms with Crippen LogP contribution in [-0.4, -0.2) is 22.1 Å². The maximum atomic E-state index is 12.8. The monoisotopic (exact) mass is 366 g/mol. The number of hydrogen-bond acceptors (Lipinski definition) is 4. The van der Waals surface area contributed by atoms with Gasteiger partial charge in [0.1, 0.15) is 0 Å². The molecule has 2 aromatic heterocycles. The zero-order chi connectivity index (χ0) is 19.3. The van der Waals surface area contributed by atoms with E-state index in [1.54, 1.807) is 12.3 Å². The summed E-state index contributed by atoms with van der Waals surface area (Å²) in [6, 6.07) is 23.0. The van der Waals surface area contributed by atoms with Gasteiger partial charge in [-0.25, -0.2) is 10.4 Å². The van der Waals surface area contributed by atoms with E-state index >= 15 is 0 Å². The first-order valence-corrected chi connectivity index (χ1v) is 8.92. The second-order valence-electron chi connectivity index (χ2n) is 6.39. The first kappa shape index (κ1) is 17.5. The Morgan fingerprint density at radius 1 is 1.00 bits per heavy atom. The smallest absolute Gasteiger partial charge is 0.267 e. The number of aryl methyl sites for hydroxylation is 1. The first-order chi connectivity index (χ1) is 13.7. The number of amides is 1. The van der Waals surface area contributed by atoms with E-state index in [0.717, 1.165) is 22.2 Å². The zero-order valence-corrected chi connectivity index (χ0v) is 15.3. The van der Waals surface area contributed by atoms with Crippen molar-refractivity contribution in [1.29, 1.82) is 0 Å². The summed E-state index contributed by atoms with van der Waals surface area (Å²) in [5.74, 6) is -0.292. The van der Waals surface area contributed by atoms with E-state index in [1.807, 2.05) is 73.7 Å². The van der Waals surface area contributed by atoms with Crippen LogP contribution in [0.3, 0.4) is 0 Å². The van der Waals surface area contributed by atoms with Gasteiger partial charge in [-0.15, -0.1) is 0 Å². The zero-order valence-electron chi connectivity index (χ0n) is 15.3. The fourth-order valence-corrected chi connectivity index (χ4v) is 2.91. The molecular weight excluding hydrogens is 348 g/mol. The van der Waals surface area contributed by atoms with E-state index in [1.165, 1.54) is 11.8 Å². The molecule has 2 aromatic carbocycles. The predicted octanol–water partition coefficient (Wildman–Crippen LogP) is 4.37. The van der Waals surface area contributed by atoms with Crippen LogP contribution in [0.25, 0.3) is 22.2 Å². The molecule has 0 fully saturated rings. The molecule has 5 nitrogen and oxygen atoms in total. The van der Waals surface area contributed by atoms with Crippen LogP contribution in [0.5, 0.6) is 0 Å². The average Bonchev–Trinajstić information content (AvgIpc) is 2.74. The van der Waals surface area contributed by atoms with Crippen LogP contribution in [0.4, 0.5) is 0 Å². The van der Waals surface area contributed by atoms with Crippen LogP contribution in [0, 0.1) is 6.92 Å². The maximum absolute atomic E-state index is 12.8. The van der Waals surface area contributed by atoms with Crippen LogP contribution in [0.2, 0.25) is 0 Å². The highest BCUT2D eigenvalue weighted by Crippen LogP contribution is 2.25. The predicted molar refractivity (Wildman–Crippen MR) is 111 cm³/mol. The van der Waals surface area contributed by atoms with Crippen molar-refractivity contribution in [2.75, 3.05) is 0 Å². The molecule has 2 heterocycles. The van der Waals surface area contributed by atoms with E-state index in [0.29, 0.717) is 11.3 Å². The summed E-state index contributed by atoms with van der Waals surface area (Å²) in [4.78, 5) is 21.7. The third kappa shape index (κ3) is 3.78. The lowest BCUT2D eigenvalue weighted by atomic mass is 10.0. The molecule has 1 N–H and O–H groups in total. The number of aromatic nitrogens is 2. The molecule has 0 atom stereocenters. The molecule has 4 aromatic rings. The number of hydrazone groups is 1. The summed E-state index contributed by atoms with van der Waals surface area (Å²) >= 11 is 0.